The Bertz CT molecular complexity index is 653. The predicted molar refractivity (Wildman–Crippen MR) is 81.1 cm³/mol. The van der Waals surface area contributed by atoms with Gasteiger partial charge in [-0.05, 0) is 56.4 Å². The molecule has 2 unspecified atom stereocenters. The molecule has 4 bridgehead atoms. The largest absolute Gasteiger partial charge is 0.349 e. The maximum Gasteiger partial charge on any atom is 0.223 e. The molecule has 6 rings (SSSR count). The second-order valence-corrected chi connectivity index (χ2v) is 7.50. The van der Waals surface area contributed by atoms with Crippen LogP contribution in [0.1, 0.15) is 38.5 Å². The van der Waals surface area contributed by atoms with Crippen molar-refractivity contribution in [3.8, 4) is 0 Å². The molecule has 4 aliphatic carbocycles. The molecule has 0 saturated heterocycles. The highest BCUT2D eigenvalue weighted by atomic mass is 15.4. The third-order valence-corrected chi connectivity index (χ3v) is 5.88. The quantitative estimate of drug-likeness (QED) is 0.940. The monoisotopic (exact) mass is 296 g/mol. The van der Waals surface area contributed by atoms with E-state index in [1.54, 1.807) is 6.33 Å². The molecule has 22 heavy (non-hydrogen) atoms. The zero-order chi connectivity index (χ0) is 14.6. The Hall–Kier alpha value is -1.98. The van der Waals surface area contributed by atoms with Gasteiger partial charge in [0.05, 0.1) is 5.54 Å². The summed E-state index contributed by atoms with van der Waals surface area (Å²) in [6, 6.07) is 1.86. The van der Waals surface area contributed by atoms with Gasteiger partial charge in [0, 0.05) is 17.9 Å². The van der Waals surface area contributed by atoms with Crippen molar-refractivity contribution in [2.24, 2.45) is 11.8 Å². The summed E-state index contributed by atoms with van der Waals surface area (Å²) in [7, 11) is 0. The Labute approximate surface area is 129 Å². The second kappa shape index (κ2) is 4.27. The maximum absolute atomic E-state index is 4.49. The Morgan fingerprint density at radius 1 is 1.09 bits per heavy atom. The van der Waals surface area contributed by atoms with Crippen LogP contribution < -0.4 is 5.32 Å². The van der Waals surface area contributed by atoms with E-state index in [1.807, 2.05) is 24.8 Å². The lowest BCUT2D eigenvalue weighted by Gasteiger charge is -2.61. The van der Waals surface area contributed by atoms with Gasteiger partial charge in [-0.25, -0.2) is 19.6 Å². The van der Waals surface area contributed by atoms with Gasteiger partial charge < -0.3 is 5.32 Å². The van der Waals surface area contributed by atoms with Crippen LogP contribution in [-0.4, -0.2) is 30.3 Å². The molecule has 114 valence electrons. The molecule has 0 radical (unpaired) electrons. The van der Waals surface area contributed by atoms with Crippen molar-refractivity contribution in [1.29, 1.82) is 0 Å². The molecule has 4 saturated carbocycles. The van der Waals surface area contributed by atoms with Crippen LogP contribution in [0.5, 0.6) is 0 Å². The van der Waals surface area contributed by atoms with E-state index in [9.17, 15) is 0 Å². The number of hydrogen-bond acceptors (Lipinski definition) is 5. The molecule has 0 amide bonds. The first-order valence-electron chi connectivity index (χ1n) is 8.16. The summed E-state index contributed by atoms with van der Waals surface area (Å²) in [6.45, 7) is 0. The molecule has 4 aliphatic rings. The Morgan fingerprint density at radius 3 is 2.55 bits per heavy atom. The zero-order valence-electron chi connectivity index (χ0n) is 12.5. The smallest absolute Gasteiger partial charge is 0.223 e. The van der Waals surface area contributed by atoms with Gasteiger partial charge in [-0.2, -0.15) is 5.10 Å². The molecule has 2 aromatic rings. The van der Waals surface area contributed by atoms with Crippen molar-refractivity contribution in [2.75, 3.05) is 5.32 Å². The van der Waals surface area contributed by atoms with E-state index in [2.05, 4.69) is 30.0 Å². The first-order valence-corrected chi connectivity index (χ1v) is 8.16. The van der Waals surface area contributed by atoms with Gasteiger partial charge in [0.2, 0.25) is 5.95 Å². The minimum atomic E-state index is 0.122. The highest BCUT2D eigenvalue weighted by molar-refractivity contribution is 5.32. The summed E-state index contributed by atoms with van der Waals surface area (Å²) in [5.41, 5.74) is 0.264. The fraction of sp³-hybridized carbons (Fsp3) is 0.625. The lowest BCUT2D eigenvalue weighted by Crippen LogP contribution is -2.62. The van der Waals surface area contributed by atoms with E-state index >= 15 is 0 Å². The molecular weight excluding hydrogens is 276 g/mol. The van der Waals surface area contributed by atoms with Crippen molar-refractivity contribution < 1.29 is 0 Å². The van der Waals surface area contributed by atoms with Gasteiger partial charge in [-0.1, -0.05) is 0 Å². The minimum Gasteiger partial charge on any atom is -0.349 e. The maximum atomic E-state index is 4.49. The average Bonchev–Trinajstić information content (AvgIpc) is 3.01. The predicted octanol–water partition coefficient (Wildman–Crippen LogP) is 2.23. The van der Waals surface area contributed by atoms with Crippen LogP contribution in [0, 0.1) is 11.8 Å². The molecule has 2 atom stereocenters. The lowest BCUT2D eigenvalue weighted by molar-refractivity contribution is -0.0560. The van der Waals surface area contributed by atoms with E-state index in [4.69, 9.17) is 0 Å². The topological polar surface area (TPSA) is 68.5 Å². The van der Waals surface area contributed by atoms with Crippen LogP contribution in [0.25, 0.3) is 0 Å². The molecule has 0 aromatic carbocycles. The molecule has 2 heterocycles. The first kappa shape index (κ1) is 12.6. The highest BCUT2D eigenvalue weighted by Crippen LogP contribution is 2.60. The molecule has 6 heteroatoms. The normalized spacial score (nSPS) is 39.1. The van der Waals surface area contributed by atoms with Crippen molar-refractivity contribution >= 4 is 5.95 Å². The molecular formula is C16H20N6. The van der Waals surface area contributed by atoms with Gasteiger partial charge in [-0.15, -0.1) is 0 Å². The standard InChI is InChI=1S/C16H20N6/c1-2-18-14(19-3-1)21-15-5-12-4-13(6-15)8-16(7-12,9-15)22-11-17-10-20-22/h1-3,10-13H,4-9H2,(H,18,19,21). The molecule has 0 aliphatic heterocycles. The van der Waals surface area contributed by atoms with Gasteiger partial charge in [-0.3, -0.25) is 0 Å². The summed E-state index contributed by atoms with van der Waals surface area (Å²) in [5.74, 6) is 2.32. The number of rotatable bonds is 3. The Kier molecular flexibility index (Phi) is 2.44. The highest BCUT2D eigenvalue weighted by Gasteiger charge is 2.59. The summed E-state index contributed by atoms with van der Waals surface area (Å²) in [4.78, 5) is 13.0. The fourth-order valence-electron chi connectivity index (χ4n) is 5.68. The van der Waals surface area contributed by atoms with E-state index in [1.165, 1.54) is 32.1 Å². The number of aromatic nitrogens is 5. The van der Waals surface area contributed by atoms with Crippen LogP contribution in [0.3, 0.4) is 0 Å². The molecule has 2 aromatic heterocycles. The molecule has 1 N–H and O–H groups in total. The van der Waals surface area contributed by atoms with Crippen LogP contribution >= 0.6 is 0 Å². The second-order valence-electron chi connectivity index (χ2n) is 7.50. The van der Waals surface area contributed by atoms with E-state index in [0.29, 0.717) is 0 Å². The summed E-state index contributed by atoms with van der Waals surface area (Å²) in [6.07, 6.45) is 14.6. The lowest BCUT2D eigenvalue weighted by atomic mass is 9.50. The molecule has 0 spiro atoms. The van der Waals surface area contributed by atoms with Gasteiger partial charge in [0.1, 0.15) is 12.7 Å². The third kappa shape index (κ3) is 1.79. The fourth-order valence-corrected chi connectivity index (χ4v) is 5.68. The van der Waals surface area contributed by atoms with E-state index in [-0.39, 0.29) is 11.1 Å². The van der Waals surface area contributed by atoms with Crippen molar-refractivity contribution in [3.05, 3.63) is 31.1 Å². The SMILES string of the molecule is c1cnc(NC23CC4CC(C2)CC(n2cncn2)(C4)C3)nc1. The van der Waals surface area contributed by atoms with Crippen LogP contribution in [0.4, 0.5) is 5.95 Å². The van der Waals surface area contributed by atoms with Crippen molar-refractivity contribution in [2.45, 2.75) is 49.6 Å². The van der Waals surface area contributed by atoms with Gasteiger partial charge in [0.25, 0.3) is 0 Å². The van der Waals surface area contributed by atoms with E-state index < -0.39 is 0 Å². The van der Waals surface area contributed by atoms with Crippen LogP contribution in [0.15, 0.2) is 31.1 Å². The summed E-state index contributed by atoms with van der Waals surface area (Å²) in [5, 5.41) is 8.18. The Morgan fingerprint density at radius 2 is 1.86 bits per heavy atom. The number of anilines is 1. The molecule has 4 fully saturated rings. The number of nitrogens with one attached hydrogen (secondary N) is 1. The van der Waals surface area contributed by atoms with Gasteiger partial charge >= 0.3 is 0 Å². The molecule has 6 nitrogen and oxygen atoms in total. The minimum absolute atomic E-state index is 0.122. The zero-order valence-corrected chi connectivity index (χ0v) is 12.5. The Balaban J connectivity index is 1.52. The number of nitrogens with zero attached hydrogens (tertiary/aromatic N) is 5. The first-order chi connectivity index (χ1) is 10.8. The van der Waals surface area contributed by atoms with Crippen LogP contribution in [0.2, 0.25) is 0 Å². The summed E-state index contributed by atoms with van der Waals surface area (Å²) >= 11 is 0. The van der Waals surface area contributed by atoms with Gasteiger partial charge in [0.15, 0.2) is 0 Å². The van der Waals surface area contributed by atoms with Crippen LogP contribution in [-0.2, 0) is 5.54 Å². The van der Waals surface area contributed by atoms with Crippen molar-refractivity contribution in [1.82, 2.24) is 24.7 Å². The average molecular weight is 296 g/mol. The summed E-state index contributed by atoms with van der Waals surface area (Å²) < 4.78 is 2.13. The van der Waals surface area contributed by atoms with Crippen molar-refractivity contribution in [3.63, 3.8) is 0 Å². The third-order valence-electron chi connectivity index (χ3n) is 5.88. The van der Waals surface area contributed by atoms with E-state index in [0.717, 1.165) is 24.2 Å². The number of hydrogen-bond donors (Lipinski definition) is 1.